The van der Waals surface area contributed by atoms with E-state index in [4.69, 9.17) is 4.74 Å². The van der Waals surface area contributed by atoms with Gasteiger partial charge in [-0.25, -0.2) is 9.61 Å². The first-order valence-corrected chi connectivity index (χ1v) is 8.82. The van der Waals surface area contributed by atoms with Gasteiger partial charge in [0.2, 0.25) is 5.91 Å². The van der Waals surface area contributed by atoms with Crippen molar-refractivity contribution < 1.29 is 14.2 Å². The van der Waals surface area contributed by atoms with Gasteiger partial charge in [0.1, 0.15) is 17.2 Å². The van der Waals surface area contributed by atoms with Gasteiger partial charge in [-0.1, -0.05) is 10.3 Å². The lowest BCUT2D eigenvalue weighted by Crippen LogP contribution is -2.46. The minimum absolute atomic E-state index is 0.0379. The Morgan fingerprint density at radius 3 is 2.96 bits per heavy atom. The molecule has 0 aromatic carbocycles. The van der Waals surface area contributed by atoms with Gasteiger partial charge in [0.25, 0.3) is 0 Å². The van der Waals surface area contributed by atoms with E-state index in [-0.39, 0.29) is 18.4 Å². The molecule has 1 unspecified atom stereocenters. The van der Waals surface area contributed by atoms with Crippen LogP contribution in [0.25, 0.3) is 0 Å². The number of hydrogen-bond donors (Lipinski definition) is 0. The molecule has 0 N–H and O–H groups in total. The Balaban J connectivity index is 1.53. The van der Waals surface area contributed by atoms with Crippen molar-refractivity contribution in [3.05, 3.63) is 35.3 Å². The predicted molar refractivity (Wildman–Crippen MR) is 95.9 cm³/mol. The van der Waals surface area contributed by atoms with Crippen LogP contribution in [0.1, 0.15) is 23.4 Å². The maximum absolute atomic E-state index is 12.5. The molecule has 8 nitrogen and oxygen atoms in total. The average Bonchev–Trinajstić information content (AvgIpc) is 3.05. The zero-order valence-electron chi connectivity index (χ0n) is 15.5. The zero-order valence-corrected chi connectivity index (χ0v) is 15.5. The summed E-state index contributed by atoms with van der Waals surface area (Å²) in [4.78, 5) is 20.7. The highest BCUT2D eigenvalue weighted by atomic mass is 16.6. The SMILES string of the molecule is Cc1nonc1CC(=O)N1CCOC(CCc2ccnc(N(C)C)c2)C1. The van der Waals surface area contributed by atoms with Crippen LogP contribution >= 0.6 is 0 Å². The molecule has 8 heteroatoms. The average molecular weight is 359 g/mol. The number of amides is 1. The number of hydrogen-bond acceptors (Lipinski definition) is 7. The summed E-state index contributed by atoms with van der Waals surface area (Å²) in [7, 11) is 3.96. The van der Waals surface area contributed by atoms with E-state index >= 15 is 0 Å². The number of pyridine rings is 1. The highest BCUT2D eigenvalue weighted by molar-refractivity contribution is 5.78. The predicted octanol–water partition coefficient (Wildman–Crippen LogP) is 1.24. The molecule has 1 aliphatic heterocycles. The van der Waals surface area contributed by atoms with Gasteiger partial charge < -0.3 is 14.5 Å². The molecule has 0 radical (unpaired) electrons. The molecular weight excluding hydrogens is 334 g/mol. The number of anilines is 1. The highest BCUT2D eigenvalue weighted by Gasteiger charge is 2.25. The van der Waals surface area contributed by atoms with E-state index in [1.165, 1.54) is 5.56 Å². The van der Waals surface area contributed by atoms with Gasteiger partial charge in [-0.15, -0.1) is 0 Å². The number of ether oxygens (including phenoxy) is 1. The maximum atomic E-state index is 12.5. The molecule has 3 heterocycles. The Labute approximate surface area is 153 Å². The molecule has 3 rings (SSSR count). The fraction of sp³-hybridized carbons (Fsp3) is 0.556. The van der Waals surface area contributed by atoms with Crippen molar-refractivity contribution in [2.45, 2.75) is 32.3 Å². The molecule has 1 fully saturated rings. The van der Waals surface area contributed by atoms with Crippen molar-refractivity contribution in [3.8, 4) is 0 Å². The van der Waals surface area contributed by atoms with E-state index in [0.717, 1.165) is 18.7 Å². The van der Waals surface area contributed by atoms with Crippen LogP contribution in [0.4, 0.5) is 5.82 Å². The lowest BCUT2D eigenvalue weighted by atomic mass is 10.1. The summed E-state index contributed by atoms with van der Waals surface area (Å²) in [5, 5.41) is 7.52. The topological polar surface area (TPSA) is 84.6 Å². The van der Waals surface area contributed by atoms with Gasteiger partial charge in [0, 0.05) is 33.4 Å². The second-order valence-corrected chi connectivity index (χ2v) is 6.76. The Hall–Kier alpha value is -2.48. The molecule has 26 heavy (non-hydrogen) atoms. The van der Waals surface area contributed by atoms with Gasteiger partial charge in [0.15, 0.2) is 0 Å². The lowest BCUT2D eigenvalue weighted by molar-refractivity contribution is -0.138. The van der Waals surface area contributed by atoms with E-state index in [1.807, 2.05) is 36.2 Å². The van der Waals surface area contributed by atoms with Crippen LogP contribution in [0, 0.1) is 6.92 Å². The van der Waals surface area contributed by atoms with Crippen molar-refractivity contribution in [1.29, 1.82) is 0 Å². The summed E-state index contributed by atoms with van der Waals surface area (Å²) in [5.74, 6) is 0.983. The summed E-state index contributed by atoms with van der Waals surface area (Å²) in [6.45, 7) is 3.57. The van der Waals surface area contributed by atoms with Crippen LogP contribution in [-0.4, -0.2) is 66.0 Å². The van der Waals surface area contributed by atoms with E-state index in [1.54, 1.807) is 6.92 Å². The number of carbonyl (C=O) groups is 1. The van der Waals surface area contributed by atoms with E-state index in [2.05, 4.69) is 26.0 Å². The zero-order chi connectivity index (χ0) is 18.5. The van der Waals surface area contributed by atoms with Gasteiger partial charge >= 0.3 is 0 Å². The Morgan fingerprint density at radius 2 is 2.23 bits per heavy atom. The normalized spacial score (nSPS) is 17.3. The molecule has 1 aliphatic rings. The standard InChI is InChI=1S/C18H25N5O3/c1-13-16(21-26-20-13)11-18(24)23-8-9-25-15(12-23)5-4-14-6-7-19-17(10-14)22(2)3/h6-7,10,15H,4-5,8-9,11-12H2,1-3H3. The third-order valence-corrected chi connectivity index (χ3v) is 4.58. The van der Waals surface area contributed by atoms with Gasteiger partial charge in [-0.05, 0) is 37.5 Å². The highest BCUT2D eigenvalue weighted by Crippen LogP contribution is 2.16. The van der Waals surface area contributed by atoms with Crippen LogP contribution in [0.2, 0.25) is 0 Å². The Bertz CT molecular complexity index is 746. The minimum Gasteiger partial charge on any atom is -0.375 e. The second-order valence-electron chi connectivity index (χ2n) is 6.76. The molecule has 1 amide bonds. The number of aromatic nitrogens is 3. The molecule has 0 spiro atoms. The first-order valence-electron chi connectivity index (χ1n) is 8.82. The van der Waals surface area contributed by atoms with Crippen molar-refractivity contribution >= 4 is 11.7 Å². The van der Waals surface area contributed by atoms with E-state index < -0.39 is 0 Å². The molecule has 2 aromatic rings. The Kier molecular flexibility index (Phi) is 5.82. The molecule has 0 saturated carbocycles. The smallest absolute Gasteiger partial charge is 0.228 e. The molecular formula is C18H25N5O3. The van der Waals surface area contributed by atoms with Gasteiger partial charge in [-0.3, -0.25) is 4.79 Å². The first-order chi connectivity index (χ1) is 12.5. The van der Waals surface area contributed by atoms with Crippen LogP contribution in [0.5, 0.6) is 0 Å². The summed E-state index contributed by atoms with van der Waals surface area (Å²) in [6, 6.07) is 4.12. The molecule has 1 saturated heterocycles. The molecule has 0 bridgehead atoms. The Morgan fingerprint density at radius 1 is 1.38 bits per heavy atom. The largest absolute Gasteiger partial charge is 0.375 e. The quantitative estimate of drug-likeness (QED) is 0.767. The summed E-state index contributed by atoms with van der Waals surface area (Å²) in [6.07, 6.45) is 3.85. The van der Waals surface area contributed by atoms with Crippen LogP contribution in [0.3, 0.4) is 0 Å². The summed E-state index contributed by atoms with van der Waals surface area (Å²) < 4.78 is 10.5. The number of morpholine rings is 1. The third kappa shape index (κ3) is 4.57. The first kappa shape index (κ1) is 18.3. The van der Waals surface area contributed by atoms with Crippen molar-refractivity contribution in [1.82, 2.24) is 20.2 Å². The molecule has 2 aromatic heterocycles. The van der Waals surface area contributed by atoms with Crippen LogP contribution < -0.4 is 4.90 Å². The second kappa shape index (κ2) is 8.27. The number of nitrogens with zero attached hydrogens (tertiary/aromatic N) is 5. The number of rotatable bonds is 6. The van der Waals surface area contributed by atoms with E-state index in [0.29, 0.717) is 31.1 Å². The van der Waals surface area contributed by atoms with Crippen molar-refractivity contribution in [2.24, 2.45) is 0 Å². The summed E-state index contributed by atoms with van der Waals surface area (Å²) in [5.41, 5.74) is 2.49. The fourth-order valence-corrected chi connectivity index (χ4v) is 2.97. The maximum Gasteiger partial charge on any atom is 0.228 e. The van der Waals surface area contributed by atoms with Crippen LogP contribution in [0.15, 0.2) is 23.0 Å². The lowest BCUT2D eigenvalue weighted by Gasteiger charge is -2.33. The van der Waals surface area contributed by atoms with Crippen molar-refractivity contribution in [3.63, 3.8) is 0 Å². The molecule has 1 atom stereocenters. The monoisotopic (exact) mass is 359 g/mol. The van der Waals surface area contributed by atoms with E-state index in [9.17, 15) is 4.79 Å². The fourth-order valence-electron chi connectivity index (χ4n) is 2.97. The van der Waals surface area contributed by atoms with Crippen LogP contribution in [-0.2, 0) is 22.4 Å². The molecule has 0 aliphatic carbocycles. The summed E-state index contributed by atoms with van der Waals surface area (Å²) >= 11 is 0. The number of aryl methyl sites for hydroxylation is 2. The van der Waals surface area contributed by atoms with Crippen molar-refractivity contribution in [2.75, 3.05) is 38.7 Å². The molecule has 140 valence electrons. The van der Waals surface area contributed by atoms with Gasteiger partial charge in [0.05, 0.1) is 19.1 Å². The third-order valence-electron chi connectivity index (χ3n) is 4.58. The van der Waals surface area contributed by atoms with Gasteiger partial charge in [-0.2, -0.15) is 0 Å². The minimum atomic E-state index is 0.0379. The number of carbonyl (C=O) groups excluding carboxylic acids is 1.